The molecule has 1 heteroatoms. The van der Waals surface area contributed by atoms with Crippen LogP contribution in [0.3, 0.4) is 0 Å². The highest BCUT2D eigenvalue weighted by atomic mass is 15.2. The summed E-state index contributed by atoms with van der Waals surface area (Å²) >= 11 is 0. The van der Waals surface area contributed by atoms with Crippen molar-refractivity contribution in [3.05, 3.63) is 108 Å². The van der Waals surface area contributed by atoms with Gasteiger partial charge in [-0.1, -0.05) is 91.0 Å². The van der Waals surface area contributed by atoms with E-state index in [-0.39, 0.29) is 0 Å². The molecule has 1 aliphatic rings. The molecule has 0 aromatic heterocycles. The summed E-state index contributed by atoms with van der Waals surface area (Å²) in [6.07, 6.45) is 3.78. The number of hydrogen-bond donors (Lipinski definition) is 0. The molecule has 1 heterocycles. The lowest BCUT2D eigenvalue weighted by molar-refractivity contribution is 0.151. The van der Waals surface area contributed by atoms with Crippen LogP contribution in [0, 0.1) is 5.92 Å². The van der Waals surface area contributed by atoms with Crippen molar-refractivity contribution in [3.8, 4) is 0 Å². The molecule has 132 valence electrons. The second-order valence-electron chi connectivity index (χ2n) is 7.39. The van der Waals surface area contributed by atoms with Crippen molar-refractivity contribution >= 4 is 0 Å². The lowest BCUT2D eigenvalue weighted by Gasteiger charge is -2.38. The van der Waals surface area contributed by atoms with Crippen LogP contribution in [-0.2, 0) is 6.42 Å². The van der Waals surface area contributed by atoms with Gasteiger partial charge in [-0.25, -0.2) is 0 Å². The quantitative estimate of drug-likeness (QED) is 0.573. The lowest BCUT2D eigenvalue weighted by atomic mass is 9.88. The SMILES string of the molecule is c1ccc(CC2CCN(C(c3ccccc3)c3ccccc3)CC2)cc1. The molecule has 0 N–H and O–H groups in total. The summed E-state index contributed by atoms with van der Waals surface area (Å²) < 4.78 is 0. The minimum atomic E-state index is 0.370. The average Bonchev–Trinajstić information content (AvgIpc) is 2.72. The summed E-state index contributed by atoms with van der Waals surface area (Å²) in [6, 6.07) is 33.3. The summed E-state index contributed by atoms with van der Waals surface area (Å²) in [5.41, 5.74) is 4.29. The molecule has 0 aliphatic carbocycles. The molecule has 0 spiro atoms. The van der Waals surface area contributed by atoms with Crippen LogP contribution in [0.25, 0.3) is 0 Å². The Morgan fingerprint density at radius 3 is 1.62 bits per heavy atom. The number of benzene rings is 3. The normalized spacial score (nSPS) is 16.0. The molecule has 0 atom stereocenters. The van der Waals surface area contributed by atoms with Crippen LogP contribution in [0.5, 0.6) is 0 Å². The topological polar surface area (TPSA) is 3.24 Å². The van der Waals surface area contributed by atoms with E-state index in [2.05, 4.69) is 95.9 Å². The van der Waals surface area contributed by atoms with Crippen LogP contribution in [0.15, 0.2) is 91.0 Å². The Kier molecular flexibility index (Phi) is 5.47. The van der Waals surface area contributed by atoms with E-state index in [0.29, 0.717) is 6.04 Å². The molecule has 4 rings (SSSR count). The molecule has 3 aromatic rings. The second kappa shape index (κ2) is 8.33. The van der Waals surface area contributed by atoms with Gasteiger partial charge in [-0.3, -0.25) is 4.90 Å². The van der Waals surface area contributed by atoms with E-state index in [1.165, 1.54) is 49.0 Å². The van der Waals surface area contributed by atoms with Crippen molar-refractivity contribution in [2.24, 2.45) is 5.92 Å². The van der Waals surface area contributed by atoms with E-state index in [9.17, 15) is 0 Å². The number of rotatable bonds is 5. The number of nitrogens with zero attached hydrogens (tertiary/aromatic N) is 1. The molecule has 0 bridgehead atoms. The Morgan fingerprint density at radius 2 is 1.12 bits per heavy atom. The summed E-state index contributed by atoms with van der Waals surface area (Å²) in [5, 5.41) is 0. The molecule has 1 fully saturated rings. The third kappa shape index (κ3) is 4.05. The largest absolute Gasteiger partial charge is 0.292 e. The zero-order chi connectivity index (χ0) is 17.6. The standard InChI is InChI=1S/C25H27N/c1-4-10-21(11-5-1)20-22-16-18-26(19-17-22)25(23-12-6-2-7-13-23)24-14-8-3-9-15-24/h1-15,22,25H,16-20H2. The van der Waals surface area contributed by atoms with Gasteiger partial charge in [0.15, 0.2) is 0 Å². The Balaban J connectivity index is 1.48. The molecular weight excluding hydrogens is 314 g/mol. The Bertz CT molecular complexity index is 735. The summed E-state index contributed by atoms with van der Waals surface area (Å²) in [6.45, 7) is 2.35. The zero-order valence-electron chi connectivity index (χ0n) is 15.3. The molecule has 0 radical (unpaired) electrons. The van der Waals surface area contributed by atoms with Crippen LogP contribution in [0.4, 0.5) is 0 Å². The molecule has 0 amide bonds. The van der Waals surface area contributed by atoms with Gasteiger partial charge in [-0.15, -0.1) is 0 Å². The van der Waals surface area contributed by atoms with Crippen molar-refractivity contribution in [1.82, 2.24) is 4.90 Å². The van der Waals surface area contributed by atoms with Crippen LogP contribution in [0.2, 0.25) is 0 Å². The average molecular weight is 341 g/mol. The zero-order valence-corrected chi connectivity index (χ0v) is 15.3. The Morgan fingerprint density at radius 1 is 0.654 bits per heavy atom. The lowest BCUT2D eigenvalue weighted by Crippen LogP contribution is -2.37. The molecule has 1 saturated heterocycles. The van der Waals surface area contributed by atoms with Gasteiger partial charge in [0.1, 0.15) is 0 Å². The monoisotopic (exact) mass is 341 g/mol. The fourth-order valence-corrected chi connectivity index (χ4v) is 4.25. The predicted octanol–water partition coefficient (Wildman–Crippen LogP) is 5.73. The van der Waals surface area contributed by atoms with E-state index in [1.807, 2.05) is 0 Å². The summed E-state index contributed by atoms with van der Waals surface area (Å²) in [4.78, 5) is 2.67. The number of likely N-dealkylation sites (tertiary alicyclic amines) is 1. The van der Waals surface area contributed by atoms with Gasteiger partial charge in [0.05, 0.1) is 6.04 Å². The second-order valence-corrected chi connectivity index (χ2v) is 7.39. The van der Waals surface area contributed by atoms with E-state index >= 15 is 0 Å². The summed E-state index contributed by atoms with van der Waals surface area (Å²) in [7, 11) is 0. The highest BCUT2D eigenvalue weighted by molar-refractivity contribution is 5.32. The maximum absolute atomic E-state index is 2.67. The molecular formula is C25H27N. The van der Waals surface area contributed by atoms with E-state index in [1.54, 1.807) is 0 Å². The van der Waals surface area contributed by atoms with Crippen LogP contribution < -0.4 is 0 Å². The van der Waals surface area contributed by atoms with Crippen LogP contribution >= 0.6 is 0 Å². The van der Waals surface area contributed by atoms with E-state index in [4.69, 9.17) is 0 Å². The van der Waals surface area contributed by atoms with Gasteiger partial charge in [0.2, 0.25) is 0 Å². The van der Waals surface area contributed by atoms with Gasteiger partial charge in [-0.2, -0.15) is 0 Å². The van der Waals surface area contributed by atoms with Crippen molar-refractivity contribution in [3.63, 3.8) is 0 Å². The van der Waals surface area contributed by atoms with Gasteiger partial charge < -0.3 is 0 Å². The Labute approximate surface area is 157 Å². The number of piperidine rings is 1. The van der Waals surface area contributed by atoms with Crippen LogP contribution in [0.1, 0.15) is 35.6 Å². The third-order valence-electron chi connectivity index (χ3n) is 5.61. The maximum atomic E-state index is 2.67. The van der Waals surface area contributed by atoms with Crippen molar-refractivity contribution in [1.29, 1.82) is 0 Å². The third-order valence-corrected chi connectivity index (χ3v) is 5.61. The molecule has 3 aromatic carbocycles. The van der Waals surface area contributed by atoms with E-state index < -0.39 is 0 Å². The first-order valence-corrected chi connectivity index (χ1v) is 9.78. The fourth-order valence-electron chi connectivity index (χ4n) is 4.25. The smallest absolute Gasteiger partial charge is 0.0601 e. The first-order chi connectivity index (χ1) is 12.9. The van der Waals surface area contributed by atoms with Gasteiger partial charge in [-0.05, 0) is 55.0 Å². The van der Waals surface area contributed by atoms with Gasteiger partial charge in [0.25, 0.3) is 0 Å². The molecule has 0 saturated carbocycles. The van der Waals surface area contributed by atoms with E-state index in [0.717, 1.165) is 5.92 Å². The molecule has 26 heavy (non-hydrogen) atoms. The Hall–Kier alpha value is -2.38. The van der Waals surface area contributed by atoms with Gasteiger partial charge in [0, 0.05) is 0 Å². The highest BCUT2D eigenvalue weighted by Crippen LogP contribution is 2.33. The first kappa shape index (κ1) is 17.1. The summed E-state index contributed by atoms with van der Waals surface area (Å²) in [5.74, 6) is 0.806. The van der Waals surface area contributed by atoms with Crippen molar-refractivity contribution in [2.75, 3.05) is 13.1 Å². The molecule has 1 aliphatic heterocycles. The predicted molar refractivity (Wildman–Crippen MR) is 109 cm³/mol. The molecule has 0 unspecified atom stereocenters. The van der Waals surface area contributed by atoms with Crippen molar-refractivity contribution in [2.45, 2.75) is 25.3 Å². The number of hydrogen-bond acceptors (Lipinski definition) is 1. The minimum absolute atomic E-state index is 0.370. The fraction of sp³-hybridized carbons (Fsp3) is 0.280. The van der Waals surface area contributed by atoms with Crippen molar-refractivity contribution < 1.29 is 0 Å². The molecule has 1 nitrogen and oxygen atoms in total. The first-order valence-electron chi connectivity index (χ1n) is 9.78. The van der Waals surface area contributed by atoms with Gasteiger partial charge >= 0.3 is 0 Å². The maximum Gasteiger partial charge on any atom is 0.0601 e. The van der Waals surface area contributed by atoms with Crippen LogP contribution in [-0.4, -0.2) is 18.0 Å². The highest BCUT2D eigenvalue weighted by Gasteiger charge is 2.27. The minimum Gasteiger partial charge on any atom is -0.292 e.